The SMILES string of the molecule is CC(C)(CN1CCNCC1)C(=O)c1cc[nH]c1. The lowest BCUT2D eigenvalue weighted by Gasteiger charge is -2.34. The van der Waals surface area contributed by atoms with Gasteiger partial charge in [-0.15, -0.1) is 0 Å². The van der Waals surface area contributed by atoms with E-state index in [0.717, 1.165) is 38.3 Å². The maximum Gasteiger partial charge on any atom is 0.171 e. The van der Waals surface area contributed by atoms with Gasteiger partial charge < -0.3 is 10.3 Å². The Hall–Kier alpha value is -1.13. The molecule has 0 radical (unpaired) electrons. The minimum absolute atomic E-state index is 0.220. The molecule has 94 valence electrons. The molecule has 2 N–H and O–H groups in total. The van der Waals surface area contributed by atoms with Crippen molar-refractivity contribution in [3.63, 3.8) is 0 Å². The highest BCUT2D eigenvalue weighted by Crippen LogP contribution is 2.23. The first-order valence-corrected chi connectivity index (χ1v) is 6.20. The number of H-pyrrole nitrogens is 1. The lowest BCUT2D eigenvalue weighted by Crippen LogP contribution is -2.48. The quantitative estimate of drug-likeness (QED) is 0.769. The average molecular weight is 235 g/mol. The van der Waals surface area contributed by atoms with Crippen molar-refractivity contribution in [2.45, 2.75) is 13.8 Å². The fourth-order valence-electron chi connectivity index (χ4n) is 2.36. The number of nitrogens with one attached hydrogen (secondary N) is 2. The fraction of sp³-hybridized carbons (Fsp3) is 0.615. The number of piperazine rings is 1. The third kappa shape index (κ3) is 2.96. The largest absolute Gasteiger partial charge is 0.367 e. The number of nitrogens with zero attached hydrogens (tertiary/aromatic N) is 1. The molecule has 0 aromatic carbocycles. The minimum Gasteiger partial charge on any atom is -0.367 e. The second kappa shape index (κ2) is 5.02. The number of aromatic nitrogens is 1. The molecule has 1 aliphatic heterocycles. The molecule has 4 nitrogen and oxygen atoms in total. The molecule has 1 fully saturated rings. The van der Waals surface area contributed by atoms with E-state index in [0.29, 0.717) is 0 Å². The van der Waals surface area contributed by atoms with Crippen LogP contribution in [0.25, 0.3) is 0 Å². The van der Waals surface area contributed by atoms with Crippen molar-refractivity contribution in [2.75, 3.05) is 32.7 Å². The van der Waals surface area contributed by atoms with E-state index >= 15 is 0 Å². The predicted molar refractivity (Wildman–Crippen MR) is 68.2 cm³/mol. The van der Waals surface area contributed by atoms with Crippen LogP contribution in [0, 0.1) is 5.41 Å². The molecule has 0 aliphatic carbocycles. The van der Waals surface area contributed by atoms with Crippen molar-refractivity contribution < 1.29 is 4.79 Å². The summed E-state index contributed by atoms with van der Waals surface area (Å²) in [6, 6.07) is 1.85. The predicted octanol–water partition coefficient (Wildman–Crippen LogP) is 1.13. The van der Waals surface area contributed by atoms with Gasteiger partial charge >= 0.3 is 0 Å². The monoisotopic (exact) mass is 235 g/mol. The first-order chi connectivity index (χ1) is 8.09. The van der Waals surface area contributed by atoms with E-state index in [9.17, 15) is 4.79 Å². The highest BCUT2D eigenvalue weighted by atomic mass is 16.1. The van der Waals surface area contributed by atoms with Crippen molar-refractivity contribution in [3.8, 4) is 0 Å². The van der Waals surface area contributed by atoms with Gasteiger partial charge in [0.05, 0.1) is 0 Å². The number of aromatic amines is 1. The standard InChI is InChI=1S/C13H21N3O/c1-13(2,10-16-7-5-14-6-8-16)12(17)11-3-4-15-9-11/h3-4,9,14-15H,5-8,10H2,1-2H3. The molecule has 0 amide bonds. The van der Waals surface area contributed by atoms with Crippen molar-refractivity contribution >= 4 is 5.78 Å². The molecule has 0 atom stereocenters. The van der Waals surface area contributed by atoms with Crippen molar-refractivity contribution in [3.05, 3.63) is 24.0 Å². The van der Waals surface area contributed by atoms with E-state index in [4.69, 9.17) is 0 Å². The molecule has 0 unspecified atom stereocenters. The Morgan fingerprint density at radius 1 is 1.41 bits per heavy atom. The van der Waals surface area contributed by atoms with Gasteiger partial charge in [0.1, 0.15) is 0 Å². The Labute approximate surface area is 102 Å². The van der Waals surface area contributed by atoms with E-state index in [2.05, 4.69) is 15.2 Å². The summed E-state index contributed by atoms with van der Waals surface area (Å²) in [5.74, 6) is 0.220. The summed E-state index contributed by atoms with van der Waals surface area (Å²) in [4.78, 5) is 17.6. The molecule has 0 saturated carbocycles. The maximum absolute atomic E-state index is 12.3. The van der Waals surface area contributed by atoms with E-state index in [1.807, 2.05) is 19.9 Å². The molecular formula is C13H21N3O. The lowest BCUT2D eigenvalue weighted by molar-refractivity contribution is 0.0752. The van der Waals surface area contributed by atoms with E-state index < -0.39 is 0 Å². The topological polar surface area (TPSA) is 48.1 Å². The van der Waals surface area contributed by atoms with E-state index in [1.165, 1.54) is 0 Å². The highest BCUT2D eigenvalue weighted by molar-refractivity contribution is 6.00. The van der Waals surface area contributed by atoms with Crippen LogP contribution in [0.4, 0.5) is 0 Å². The van der Waals surface area contributed by atoms with Crippen LogP contribution >= 0.6 is 0 Å². The Balaban J connectivity index is 2.00. The van der Waals surface area contributed by atoms with Gasteiger partial charge in [-0.25, -0.2) is 0 Å². The molecule has 1 saturated heterocycles. The van der Waals surface area contributed by atoms with E-state index in [1.54, 1.807) is 12.4 Å². The second-order valence-electron chi connectivity index (χ2n) is 5.34. The number of Topliss-reactive ketones (excluding diaryl/α,β-unsaturated/α-hetero) is 1. The summed E-state index contributed by atoms with van der Waals surface area (Å²) in [6.07, 6.45) is 3.58. The number of hydrogen-bond acceptors (Lipinski definition) is 3. The minimum atomic E-state index is -0.320. The number of hydrogen-bond donors (Lipinski definition) is 2. The smallest absolute Gasteiger partial charge is 0.171 e. The zero-order chi connectivity index (χ0) is 12.3. The normalized spacial score (nSPS) is 18.2. The van der Waals surface area contributed by atoms with Gasteiger partial charge in [0.2, 0.25) is 0 Å². The molecule has 1 aliphatic rings. The van der Waals surface area contributed by atoms with Crippen LogP contribution in [0.2, 0.25) is 0 Å². The Morgan fingerprint density at radius 3 is 2.71 bits per heavy atom. The van der Waals surface area contributed by atoms with Crippen LogP contribution in [0.15, 0.2) is 18.5 Å². The van der Waals surface area contributed by atoms with Gasteiger partial charge in [-0.1, -0.05) is 13.8 Å². The van der Waals surface area contributed by atoms with Crippen LogP contribution in [0.5, 0.6) is 0 Å². The zero-order valence-corrected chi connectivity index (χ0v) is 10.6. The second-order valence-corrected chi connectivity index (χ2v) is 5.34. The number of rotatable bonds is 4. The highest BCUT2D eigenvalue weighted by Gasteiger charge is 2.31. The molecule has 2 heterocycles. The summed E-state index contributed by atoms with van der Waals surface area (Å²) in [7, 11) is 0. The number of carbonyl (C=O) groups excluding carboxylic acids is 1. The van der Waals surface area contributed by atoms with Crippen LogP contribution in [-0.4, -0.2) is 48.4 Å². The van der Waals surface area contributed by atoms with Gasteiger partial charge in [-0.3, -0.25) is 9.69 Å². The molecule has 2 rings (SSSR count). The summed E-state index contributed by atoms with van der Waals surface area (Å²) >= 11 is 0. The molecule has 1 aromatic heterocycles. The third-order valence-corrected chi connectivity index (χ3v) is 3.30. The first kappa shape index (κ1) is 12.3. The Bertz CT molecular complexity index is 364. The van der Waals surface area contributed by atoms with Gasteiger partial charge in [-0.05, 0) is 6.07 Å². The van der Waals surface area contributed by atoms with Gasteiger partial charge in [-0.2, -0.15) is 0 Å². The molecular weight excluding hydrogens is 214 g/mol. The van der Waals surface area contributed by atoms with Crippen LogP contribution < -0.4 is 5.32 Å². The molecule has 0 spiro atoms. The molecule has 4 heteroatoms. The van der Waals surface area contributed by atoms with Crippen molar-refractivity contribution in [1.29, 1.82) is 0 Å². The number of carbonyl (C=O) groups is 1. The Kier molecular flexibility index (Phi) is 3.64. The molecule has 17 heavy (non-hydrogen) atoms. The Morgan fingerprint density at radius 2 is 2.12 bits per heavy atom. The first-order valence-electron chi connectivity index (χ1n) is 6.20. The summed E-state index contributed by atoms with van der Waals surface area (Å²) < 4.78 is 0. The van der Waals surface area contributed by atoms with Gasteiger partial charge in [0, 0.05) is 56.1 Å². The third-order valence-electron chi connectivity index (χ3n) is 3.30. The van der Waals surface area contributed by atoms with Gasteiger partial charge in [0.25, 0.3) is 0 Å². The van der Waals surface area contributed by atoms with E-state index in [-0.39, 0.29) is 11.2 Å². The van der Waals surface area contributed by atoms with Crippen LogP contribution in [0.1, 0.15) is 24.2 Å². The van der Waals surface area contributed by atoms with Crippen LogP contribution in [-0.2, 0) is 0 Å². The number of ketones is 1. The average Bonchev–Trinajstić information content (AvgIpc) is 2.82. The molecule has 0 bridgehead atoms. The summed E-state index contributed by atoms with van der Waals surface area (Å²) in [5.41, 5.74) is 0.463. The summed E-state index contributed by atoms with van der Waals surface area (Å²) in [6.45, 7) is 9.00. The zero-order valence-electron chi connectivity index (χ0n) is 10.6. The lowest BCUT2D eigenvalue weighted by atomic mass is 9.84. The van der Waals surface area contributed by atoms with Crippen LogP contribution in [0.3, 0.4) is 0 Å². The van der Waals surface area contributed by atoms with Crippen molar-refractivity contribution in [1.82, 2.24) is 15.2 Å². The fourth-order valence-corrected chi connectivity index (χ4v) is 2.36. The summed E-state index contributed by atoms with van der Waals surface area (Å²) in [5, 5.41) is 3.33. The molecule has 1 aromatic rings. The van der Waals surface area contributed by atoms with Gasteiger partial charge in [0.15, 0.2) is 5.78 Å². The maximum atomic E-state index is 12.3. The van der Waals surface area contributed by atoms with Crippen molar-refractivity contribution in [2.24, 2.45) is 5.41 Å².